The second kappa shape index (κ2) is 3.80. The maximum absolute atomic E-state index is 11.5. The smallest absolute Gasteiger partial charge is 0.314 e. The molecule has 0 aromatic heterocycles. The standard InChI is InChI=1S/C13H15NO4/c1-12(2)7-13(8-12,11(15)16)9-3-5-10(6-4-9)14(17)18/h3-6H,7-8H2,1-2H3,(H,15,16). The van der Waals surface area contributed by atoms with Gasteiger partial charge in [0.05, 0.1) is 10.3 Å². The number of nitro benzene ring substituents is 1. The largest absolute Gasteiger partial charge is 0.481 e. The molecule has 5 nitrogen and oxygen atoms in total. The van der Waals surface area contributed by atoms with Gasteiger partial charge < -0.3 is 5.11 Å². The fourth-order valence-electron chi connectivity index (χ4n) is 2.96. The Morgan fingerprint density at radius 2 is 1.78 bits per heavy atom. The Balaban J connectivity index is 2.34. The molecule has 1 aliphatic carbocycles. The third-order valence-corrected chi connectivity index (χ3v) is 3.60. The van der Waals surface area contributed by atoms with E-state index in [0.29, 0.717) is 18.4 Å². The van der Waals surface area contributed by atoms with E-state index in [0.717, 1.165) is 0 Å². The molecule has 0 bridgehead atoms. The van der Waals surface area contributed by atoms with E-state index in [1.54, 1.807) is 12.1 Å². The minimum atomic E-state index is -0.876. The van der Waals surface area contributed by atoms with Crippen molar-refractivity contribution in [2.24, 2.45) is 5.41 Å². The molecule has 1 fully saturated rings. The minimum absolute atomic E-state index is 0.0141. The van der Waals surface area contributed by atoms with Gasteiger partial charge in [0.2, 0.25) is 0 Å². The predicted octanol–water partition coefficient (Wildman–Crippen LogP) is 2.74. The van der Waals surface area contributed by atoms with E-state index in [1.165, 1.54) is 12.1 Å². The third kappa shape index (κ3) is 1.85. The predicted molar refractivity (Wildman–Crippen MR) is 65.4 cm³/mol. The van der Waals surface area contributed by atoms with Crippen LogP contribution < -0.4 is 0 Å². The SMILES string of the molecule is CC1(C)CC(C(=O)O)(c2ccc([N+](=O)[O-])cc2)C1. The molecule has 1 aliphatic rings. The first-order chi connectivity index (χ1) is 8.27. The van der Waals surface area contributed by atoms with E-state index in [9.17, 15) is 20.0 Å². The maximum atomic E-state index is 11.5. The first-order valence-corrected chi connectivity index (χ1v) is 5.75. The Morgan fingerprint density at radius 3 is 2.11 bits per heavy atom. The normalized spacial score (nSPS) is 19.9. The number of nitrogens with zero attached hydrogens (tertiary/aromatic N) is 1. The molecule has 1 aromatic rings. The number of benzene rings is 1. The molecule has 0 atom stereocenters. The van der Waals surface area contributed by atoms with Crippen LogP contribution in [-0.4, -0.2) is 16.0 Å². The number of carboxylic acids is 1. The second-order valence-corrected chi connectivity index (χ2v) is 5.71. The van der Waals surface area contributed by atoms with Crippen LogP contribution in [0.2, 0.25) is 0 Å². The van der Waals surface area contributed by atoms with Crippen molar-refractivity contribution in [1.82, 2.24) is 0 Å². The quantitative estimate of drug-likeness (QED) is 0.659. The highest BCUT2D eigenvalue weighted by atomic mass is 16.6. The third-order valence-electron chi connectivity index (χ3n) is 3.60. The van der Waals surface area contributed by atoms with E-state index in [-0.39, 0.29) is 11.1 Å². The van der Waals surface area contributed by atoms with Gasteiger partial charge in [-0.1, -0.05) is 26.0 Å². The summed E-state index contributed by atoms with van der Waals surface area (Å²) in [5, 5.41) is 20.0. The lowest BCUT2D eigenvalue weighted by Crippen LogP contribution is -2.52. The molecule has 0 spiro atoms. The summed E-state index contributed by atoms with van der Waals surface area (Å²) in [6.45, 7) is 4.05. The molecule has 1 saturated carbocycles. The van der Waals surface area contributed by atoms with Crippen molar-refractivity contribution in [3.8, 4) is 0 Å². The zero-order valence-corrected chi connectivity index (χ0v) is 10.3. The monoisotopic (exact) mass is 249 g/mol. The lowest BCUT2D eigenvalue weighted by molar-refractivity contribution is -0.384. The molecule has 0 saturated heterocycles. The highest BCUT2D eigenvalue weighted by Crippen LogP contribution is 2.55. The molecule has 2 rings (SSSR count). The van der Waals surface area contributed by atoms with Gasteiger partial charge in [-0.15, -0.1) is 0 Å². The number of carboxylic acid groups (broad SMARTS) is 1. The van der Waals surface area contributed by atoms with Crippen molar-refractivity contribution in [3.05, 3.63) is 39.9 Å². The van der Waals surface area contributed by atoms with E-state index in [4.69, 9.17) is 0 Å². The van der Waals surface area contributed by atoms with Crippen molar-refractivity contribution in [2.45, 2.75) is 32.1 Å². The number of non-ortho nitro benzene ring substituents is 1. The average molecular weight is 249 g/mol. The first-order valence-electron chi connectivity index (χ1n) is 5.75. The summed E-state index contributed by atoms with van der Waals surface area (Å²) in [5.74, 6) is -0.851. The van der Waals surface area contributed by atoms with E-state index in [2.05, 4.69) is 0 Å². The zero-order chi connectivity index (χ0) is 13.6. The summed E-state index contributed by atoms with van der Waals surface area (Å²) in [4.78, 5) is 21.6. The van der Waals surface area contributed by atoms with E-state index < -0.39 is 16.3 Å². The second-order valence-electron chi connectivity index (χ2n) is 5.71. The van der Waals surface area contributed by atoms with Crippen LogP contribution in [-0.2, 0) is 10.2 Å². The van der Waals surface area contributed by atoms with Gasteiger partial charge in [0, 0.05) is 12.1 Å². The van der Waals surface area contributed by atoms with Gasteiger partial charge in [0.15, 0.2) is 0 Å². The summed E-state index contributed by atoms with van der Waals surface area (Å²) in [7, 11) is 0. The summed E-state index contributed by atoms with van der Waals surface area (Å²) < 4.78 is 0. The van der Waals surface area contributed by atoms with Crippen LogP contribution in [0.15, 0.2) is 24.3 Å². The Hall–Kier alpha value is -1.91. The van der Waals surface area contributed by atoms with Gasteiger partial charge >= 0.3 is 5.97 Å². The molecule has 0 aliphatic heterocycles. The fourth-order valence-corrected chi connectivity index (χ4v) is 2.96. The molecular weight excluding hydrogens is 234 g/mol. The summed E-state index contributed by atoms with van der Waals surface area (Å²) in [5.41, 5.74) is -0.225. The maximum Gasteiger partial charge on any atom is 0.314 e. The van der Waals surface area contributed by atoms with Gasteiger partial charge in [-0.05, 0) is 23.8 Å². The highest BCUT2D eigenvalue weighted by Gasteiger charge is 2.55. The number of carbonyl (C=O) groups is 1. The van der Waals surface area contributed by atoms with Gasteiger partial charge in [0.25, 0.3) is 5.69 Å². The molecule has 96 valence electrons. The molecule has 0 unspecified atom stereocenters. The Morgan fingerprint density at radius 1 is 1.28 bits per heavy atom. The molecule has 1 N–H and O–H groups in total. The number of hydrogen-bond donors (Lipinski definition) is 1. The average Bonchev–Trinajstić information content (AvgIpc) is 2.25. The van der Waals surface area contributed by atoms with Crippen LogP contribution in [0.3, 0.4) is 0 Å². The Labute approximate surface area is 105 Å². The lowest BCUT2D eigenvalue weighted by Gasteiger charge is -2.50. The first kappa shape index (κ1) is 12.5. The fraction of sp³-hybridized carbons (Fsp3) is 0.462. The molecule has 0 heterocycles. The summed E-state index contributed by atoms with van der Waals surface area (Å²) in [6.07, 6.45) is 1.13. The van der Waals surface area contributed by atoms with Crippen molar-refractivity contribution in [1.29, 1.82) is 0 Å². The Kier molecular flexibility index (Phi) is 2.65. The van der Waals surface area contributed by atoms with Gasteiger partial charge in [-0.3, -0.25) is 14.9 Å². The summed E-state index contributed by atoms with van der Waals surface area (Å²) >= 11 is 0. The van der Waals surface area contributed by atoms with E-state index in [1.807, 2.05) is 13.8 Å². The number of aliphatic carboxylic acids is 1. The van der Waals surface area contributed by atoms with Gasteiger partial charge in [-0.2, -0.15) is 0 Å². The van der Waals surface area contributed by atoms with Crippen molar-refractivity contribution in [3.63, 3.8) is 0 Å². The van der Waals surface area contributed by atoms with Crippen LogP contribution in [0.25, 0.3) is 0 Å². The number of rotatable bonds is 3. The minimum Gasteiger partial charge on any atom is -0.481 e. The van der Waals surface area contributed by atoms with E-state index >= 15 is 0 Å². The molecule has 1 aromatic carbocycles. The number of nitro groups is 1. The molecule has 0 radical (unpaired) electrons. The Bertz CT molecular complexity index is 496. The van der Waals surface area contributed by atoms with Gasteiger partial charge in [0.1, 0.15) is 0 Å². The molecular formula is C13H15NO4. The topological polar surface area (TPSA) is 80.4 Å². The zero-order valence-electron chi connectivity index (χ0n) is 10.3. The molecule has 18 heavy (non-hydrogen) atoms. The number of hydrogen-bond acceptors (Lipinski definition) is 3. The molecule has 5 heteroatoms. The van der Waals surface area contributed by atoms with Crippen LogP contribution in [0.5, 0.6) is 0 Å². The van der Waals surface area contributed by atoms with Crippen molar-refractivity contribution in [2.75, 3.05) is 0 Å². The van der Waals surface area contributed by atoms with Crippen LogP contribution in [0, 0.1) is 15.5 Å². The lowest BCUT2D eigenvalue weighted by atomic mass is 9.52. The van der Waals surface area contributed by atoms with Crippen LogP contribution in [0.1, 0.15) is 32.3 Å². The van der Waals surface area contributed by atoms with Gasteiger partial charge in [-0.25, -0.2) is 0 Å². The van der Waals surface area contributed by atoms with Crippen molar-refractivity contribution < 1.29 is 14.8 Å². The van der Waals surface area contributed by atoms with Crippen molar-refractivity contribution >= 4 is 11.7 Å². The highest BCUT2D eigenvalue weighted by molar-refractivity contribution is 5.83. The summed E-state index contributed by atoms with van der Waals surface area (Å²) in [6, 6.07) is 5.85. The van der Waals surface area contributed by atoms with Crippen LogP contribution >= 0.6 is 0 Å². The molecule has 0 amide bonds. The van der Waals surface area contributed by atoms with Crippen LogP contribution in [0.4, 0.5) is 5.69 Å².